The van der Waals surface area contributed by atoms with Crippen molar-refractivity contribution in [2.75, 3.05) is 38.1 Å². The van der Waals surface area contributed by atoms with Crippen LogP contribution < -0.4 is 4.90 Å². The van der Waals surface area contributed by atoms with Gasteiger partial charge in [0.05, 0.1) is 11.2 Å². The monoisotopic (exact) mass is 409 g/mol. The second kappa shape index (κ2) is 7.21. The highest BCUT2D eigenvalue weighted by Crippen LogP contribution is 2.34. The highest BCUT2D eigenvalue weighted by Gasteiger charge is 2.19. The van der Waals surface area contributed by atoms with Gasteiger partial charge in [0.25, 0.3) is 0 Å². The number of pyridine rings is 2. The largest absolute Gasteiger partial charge is 0.368 e. The van der Waals surface area contributed by atoms with E-state index in [4.69, 9.17) is 0 Å². The molecule has 0 spiro atoms. The Labute approximate surface area is 179 Å². The Kier molecular flexibility index (Phi) is 4.21. The van der Waals surface area contributed by atoms with E-state index in [1.807, 2.05) is 18.5 Å². The first-order valence-corrected chi connectivity index (χ1v) is 10.6. The van der Waals surface area contributed by atoms with Crippen LogP contribution in [-0.4, -0.2) is 63.3 Å². The first kappa shape index (κ1) is 18.1. The predicted molar refractivity (Wildman–Crippen MR) is 124 cm³/mol. The molecule has 7 heteroatoms. The lowest BCUT2D eigenvalue weighted by atomic mass is 10.0. The van der Waals surface area contributed by atoms with E-state index in [1.54, 1.807) is 6.20 Å². The van der Waals surface area contributed by atoms with Gasteiger partial charge < -0.3 is 14.8 Å². The molecule has 0 aliphatic carbocycles. The normalized spacial score (nSPS) is 15.2. The van der Waals surface area contributed by atoms with E-state index in [0.717, 1.165) is 70.6 Å². The van der Waals surface area contributed by atoms with Gasteiger partial charge in [0.15, 0.2) is 0 Å². The molecule has 1 aliphatic heterocycles. The minimum atomic E-state index is 0.894. The standard InChI is InChI=1S/C24H23N7/c1-30-9-11-31(12-10-30)22-6-8-26-24-19(22)14-21(27-24)23-18-13-16(4-5-20(18)28-29-23)17-3-2-7-25-15-17/h2-8,13-15H,9-12H2,1H3,(H,26,27)(H,28,29). The lowest BCUT2D eigenvalue weighted by Crippen LogP contribution is -2.44. The highest BCUT2D eigenvalue weighted by atomic mass is 15.2. The average Bonchev–Trinajstić information content (AvgIpc) is 3.43. The maximum Gasteiger partial charge on any atom is 0.139 e. The molecule has 2 N–H and O–H groups in total. The zero-order valence-electron chi connectivity index (χ0n) is 17.3. The number of nitrogens with zero attached hydrogens (tertiary/aromatic N) is 5. The summed E-state index contributed by atoms with van der Waals surface area (Å²) in [5.41, 5.74) is 7.22. The summed E-state index contributed by atoms with van der Waals surface area (Å²) in [6.45, 7) is 4.19. The molecule has 1 aliphatic rings. The molecule has 4 aromatic heterocycles. The molecule has 1 saturated heterocycles. The van der Waals surface area contributed by atoms with Gasteiger partial charge in [-0.1, -0.05) is 12.1 Å². The minimum Gasteiger partial charge on any atom is -0.368 e. The van der Waals surface area contributed by atoms with Crippen LogP contribution in [0.15, 0.2) is 61.1 Å². The Bertz CT molecular complexity index is 1360. The van der Waals surface area contributed by atoms with Crippen molar-refractivity contribution in [1.29, 1.82) is 0 Å². The van der Waals surface area contributed by atoms with Crippen molar-refractivity contribution in [3.63, 3.8) is 0 Å². The molecule has 0 unspecified atom stereocenters. The number of benzene rings is 1. The first-order valence-electron chi connectivity index (χ1n) is 10.6. The molecule has 5 aromatic rings. The van der Waals surface area contributed by atoms with Gasteiger partial charge in [-0.05, 0) is 42.9 Å². The maximum atomic E-state index is 4.63. The Morgan fingerprint density at radius 2 is 1.81 bits per heavy atom. The number of aromatic amines is 2. The number of anilines is 1. The third-order valence-corrected chi connectivity index (χ3v) is 6.17. The van der Waals surface area contributed by atoms with Crippen LogP contribution in [0, 0.1) is 0 Å². The molecular formula is C24H23N7. The van der Waals surface area contributed by atoms with Crippen LogP contribution in [-0.2, 0) is 0 Å². The van der Waals surface area contributed by atoms with Gasteiger partial charge >= 0.3 is 0 Å². The van der Waals surface area contributed by atoms with Crippen molar-refractivity contribution in [3.05, 3.63) is 61.1 Å². The molecule has 31 heavy (non-hydrogen) atoms. The molecule has 0 bridgehead atoms. The molecule has 7 nitrogen and oxygen atoms in total. The Morgan fingerprint density at radius 1 is 0.903 bits per heavy atom. The number of rotatable bonds is 3. The molecule has 0 radical (unpaired) electrons. The summed E-state index contributed by atoms with van der Waals surface area (Å²) in [6, 6.07) is 14.7. The van der Waals surface area contributed by atoms with Crippen molar-refractivity contribution in [1.82, 2.24) is 30.0 Å². The fraction of sp³-hybridized carbons (Fsp3) is 0.208. The number of H-pyrrole nitrogens is 2. The summed E-state index contributed by atoms with van der Waals surface area (Å²) in [5, 5.41) is 10.0. The highest BCUT2D eigenvalue weighted by molar-refractivity contribution is 5.99. The van der Waals surface area contributed by atoms with E-state index in [1.165, 1.54) is 5.69 Å². The number of hydrogen-bond acceptors (Lipinski definition) is 5. The molecule has 1 aromatic carbocycles. The molecule has 6 rings (SSSR count). The van der Waals surface area contributed by atoms with Gasteiger partial charge in [0.1, 0.15) is 11.3 Å². The number of nitrogens with one attached hydrogen (secondary N) is 2. The number of fused-ring (bicyclic) bond motifs is 2. The number of piperazine rings is 1. The van der Waals surface area contributed by atoms with Gasteiger partial charge in [0.2, 0.25) is 0 Å². The summed E-state index contributed by atoms with van der Waals surface area (Å²) in [5.74, 6) is 0. The number of aromatic nitrogens is 5. The van der Waals surface area contributed by atoms with E-state index < -0.39 is 0 Å². The van der Waals surface area contributed by atoms with Gasteiger partial charge in [-0.2, -0.15) is 5.10 Å². The van der Waals surface area contributed by atoms with Crippen LogP contribution in [0.25, 0.3) is 44.5 Å². The second-order valence-electron chi connectivity index (χ2n) is 8.14. The van der Waals surface area contributed by atoms with E-state index in [-0.39, 0.29) is 0 Å². The van der Waals surface area contributed by atoms with E-state index in [0.29, 0.717) is 0 Å². The van der Waals surface area contributed by atoms with Crippen molar-refractivity contribution in [2.24, 2.45) is 0 Å². The van der Waals surface area contributed by atoms with E-state index in [9.17, 15) is 0 Å². The van der Waals surface area contributed by atoms with Crippen molar-refractivity contribution in [3.8, 4) is 22.5 Å². The van der Waals surface area contributed by atoms with Crippen molar-refractivity contribution >= 4 is 27.6 Å². The van der Waals surface area contributed by atoms with Gasteiger partial charge in [-0.15, -0.1) is 0 Å². The Balaban J connectivity index is 1.44. The molecule has 0 saturated carbocycles. The molecule has 0 amide bonds. The zero-order chi connectivity index (χ0) is 20.8. The summed E-state index contributed by atoms with van der Waals surface area (Å²) in [7, 11) is 2.18. The maximum absolute atomic E-state index is 4.63. The second-order valence-corrected chi connectivity index (χ2v) is 8.14. The van der Waals surface area contributed by atoms with Crippen LogP contribution in [0.2, 0.25) is 0 Å². The van der Waals surface area contributed by atoms with Crippen molar-refractivity contribution < 1.29 is 0 Å². The van der Waals surface area contributed by atoms with Crippen LogP contribution in [0.1, 0.15) is 0 Å². The number of hydrogen-bond donors (Lipinski definition) is 2. The van der Waals surface area contributed by atoms with Gasteiger partial charge in [-0.3, -0.25) is 10.1 Å². The average molecular weight is 409 g/mol. The summed E-state index contributed by atoms with van der Waals surface area (Å²) < 4.78 is 0. The van der Waals surface area contributed by atoms with Gasteiger partial charge in [-0.25, -0.2) is 4.98 Å². The fourth-order valence-corrected chi connectivity index (χ4v) is 4.40. The smallest absolute Gasteiger partial charge is 0.139 e. The first-order chi connectivity index (χ1) is 15.3. The Morgan fingerprint density at radius 3 is 2.65 bits per heavy atom. The summed E-state index contributed by atoms with van der Waals surface area (Å²) >= 11 is 0. The van der Waals surface area contributed by atoms with Gasteiger partial charge in [0, 0.05) is 66.8 Å². The van der Waals surface area contributed by atoms with Crippen molar-refractivity contribution in [2.45, 2.75) is 0 Å². The molecular weight excluding hydrogens is 386 g/mol. The Hall–Kier alpha value is -3.71. The zero-order valence-corrected chi connectivity index (χ0v) is 17.3. The molecule has 0 atom stereocenters. The van der Waals surface area contributed by atoms with E-state index in [2.05, 4.69) is 78.4 Å². The third-order valence-electron chi connectivity index (χ3n) is 6.17. The quantitative estimate of drug-likeness (QED) is 0.472. The third kappa shape index (κ3) is 3.14. The summed E-state index contributed by atoms with van der Waals surface area (Å²) in [4.78, 5) is 17.2. The van der Waals surface area contributed by atoms with Crippen LogP contribution in [0.3, 0.4) is 0 Å². The van der Waals surface area contributed by atoms with Crippen LogP contribution >= 0.6 is 0 Å². The van der Waals surface area contributed by atoms with Crippen LogP contribution in [0.4, 0.5) is 5.69 Å². The van der Waals surface area contributed by atoms with E-state index >= 15 is 0 Å². The minimum absolute atomic E-state index is 0.894. The fourth-order valence-electron chi connectivity index (χ4n) is 4.40. The predicted octanol–water partition coefficient (Wildman–Crippen LogP) is 3.92. The SMILES string of the molecule is CN1CCN(c2ccnc3[nH]c(-c4n[nH]c5ccc(-c6cccnc6)cc45)cc23)CC1. The van der Waals surface area contributed by atoms with Crippen LogP contribution in [0.5, 0.6) is 0 Å². The topological polar surface area (TPSA) is 76.7 Å². The number of likely N-dealkylation sites (N-methyl/N-ethyl adjacent to an activating group) is 1. The lowest BCUT2D eigenvalue weighted by molar-refractivity contribution is 0.313. The summed E-state index contributed by atoms with van der Waals surface area (Å²) in [6.07, 6.45) is 5.57. The lowest BCUT2D eigenvalue weighted by Gasteiger charge is -2.34. The molecule has 154 valence electrons. The molecule has 5 heterocycles. The molecule has 1 fully saturated rings.